The summed E-state index contributed by atoms with van der Waals surface area (Å²) in [5.41, 5.74) is 7.89. The van der Waals surface area contributed by atoms with Crippen molar-refractivity contribution in [2.45, 2.75) is 12.3 Å². The van der Waals surface area contributed by atoms with Crippen molar-refractivity contribution in [1.29, 1.82) is 0 Å². The van der Waals surface area contributed by atoms with Crippen molar-refractivity contribution in [2.24, 2.45) is 0 Å². The maximum Gasteiger partial charge on any atom is 0.219 e. The van der Waals surface area contributed by atoms with E-state index >= 15 is 0 Å². The van der Waals surface area contributed by atoms with Crippen LogP contribution in [0.4, 0.5) is 0 Å². The number of aryl methyl sites for hydroxylation is 1. The van der Waals surface area contributed by atoms with Gasteiger partial charge in [0.1, 0.15) is 17.2 Å². The number of hydrogen-bond acceptors (Lipinski definition) is 4. The minimum atomic E-state index is -0.500. The Morgan fingerprint density at radius 3 is 1.70 bits per heavy atom. The summed E-state index contributed by atoms with van der Waals surface area (Å²) in [5, 5.41) is 0. The van der Waals surface area contributed by atoms with Crippen LogP contribution in [0.25, 0.3) is 11.1 Å². The van der Waals surface area contributed by atoms with E-state index < -0.39 is 5.41 Å². The average molecular weight is 519 g/mol. The Balaban J connectivity index is 1.36. The molecule has 192 valence electrons. The van der Waals surface area contributed by atoms with Gasteiger partial charge in [-0.1, -0.05) is 78.9 Å². The molecule has 0 spiro atoms. The maximum atomic E-state index is 6.14. The van der Waals surface area contributed by atoms with E-state index in [2.05, 4.69) is 82.8 Å². The quantitative estimate of drug-likeness (QED) is 0.221. The number of hydrogen-bond donors (Lipinski definition) is 0. The topological polar surface area (TPSA) is 44.2 Å². The van der Waals surface area contributed by atoms with E-state index in [1.165, 1.54) is 22.3 Å². The van der Waals surface area contributed by atoms with E-state index in [9.17, 15) is 0 Å². The van der Waals surface area contributed by atoms with Gasteiger partial charge in [0, 0.05) is 18.5 Å². The molecule has 40 heavy (non-hydrogen) atoms. The summed E-state index contributed by atoms with van der Waals surface area (Å²) in [6.07, 6.45) is 5.29. The van der Waals surface area contributed by atoms with E-state index in [0.717, 1.165) is 33.9 Å². The highest BCUT2D eigenvalue weighted by atomic mass is 16.5. The van der Waals surface area contributed by atoms with Gasteiger partial charge >= 0.3 is 0 Å². The largest absolute Gasteiger partial charge is 0.456 e. The average Bonchev–Trinajstić information content (AvgIpc) is 3.30. The Morgan fingerprint density at radius 1 is 0.550 bits per heavy atom. The molecule has 0 saturated heterocycles. The second kappa shape index (κ2) is 9.83. The van der Waals surface area contributed by atoms with Gasteiger partial charge in [0.15, 0.2) is 0 Å². The van der Waals surface area contributed by atoms with Gasteiger partial charge < -0.3 is 9.47 Å². The number of fused-ring (bicyclic) bond motifs is 3. The van der Waals surface area contributed by atoms with Gasteiger partial charge in [-0.25, -0.2) is 4.98 Å². The highest BCUT2D eigenvalue weighted by molar-refractivity contribution is 5.86. The molecular weight excluding hydrogens is 492 g/mol. The molecule has 0 radical (unpaired) electrons. The third-order valence-corrected chi connectivity index (χ3v) is 7.47. The van der Waals surface area contributed by atoms with E-state index in [-0.39, 0.29) is 0 Å². The fraction of sp³-hybridized carbons (Fsp3) is 0.0556. The fourth-order valence-electron chi connectivity index (χ4n) is 5.82. The van der Waals surface area contributed by atoms with Crippen molar-refractivity contribution in [2.75, 3.05) is 0 Å². The first-order chi connectivity index (χ1) is 19.7. The Morgan fingerprint density at radius 2 is 1.12 bits per heavy atom. The second-order valence-electron chi connectivity index (χ2n) is 9.96. The summed E-state index contributed by atoms with van der Waals surface area (Å²) in [6, 6.07) is 41.9. The molecule has 4 nitrogen and oxygen atoms in total. The van der Waals surface area contributed by atoms with Gasteiger partial charge in [0.05, 0.1) is 11.6 Å². The molecule has 1 aliphatic carbocycles. The number of benzene rings is 4. The number of ether oxygens (including phenoxy) is 2. The van der Waals surface area contributed by atoms with Crippen LogP contribution >= 0.6 is 0 Å². The molecule has 0 atom stereocenters. The lowest BCUT2D eigenvalue weighted by molar-refractivity contribution is 0.462. The van der Waals surface area contributed by atoms with E-state index in [4.69, 9.17) is 9.47 Å². The molecule has 0 aliphatic heterocycles. The summed E-state index contributed by atoms with van der Waals surface area (Å²) < 4.78 is 12.2. The molecular formula is C36H26N2O2. The van der Waals surface area contributed by atoms with Crippen molar-refractivity contribution in [1.82, 2.24) is 9.97 Å². The Labute approximate surface area is 233 Å². The summed E-state index contributed by atoms with van der Waals surface area (Å²) in [4.78, 5) is 8.56. The Hall–Kier alpha value is -5.22. The zero-order valence-corrected chi connectivity index (χ0v) is 22.0. The lowest BCUT2D eigenvalue weighted by atomic mass is 9.68. The van der Waals surface area contributed by atoms with Crippen LogP contribution in [-0.4, -0.2) is 9.97 Å². The molecule has 0 unspecified atom stereocenters. The molecule has 0 N–H and O–H groups in total. The highest BCUT2D eigenvalue weighted by Gasteiger charge is 2.45. The lowest BCUT2D eigenvalue weighted by Crippen LogP contribution is -2.28. The molecule has 0 bridgehead atoms. The standard InChI is InChI=1S/C36H26N2O2/c1-25-22-30(24-37-23-25)39-28-17-13-26(14-18-28)36(27-15-19-29(20-16-27)40-35-12-6-7-21-38-35)33-10-4-2-8-31(33)32-9-3-5-11-34(32)36/h2-24H,1H3. The monoisotopic (exact) mass is 518 g/mol. The lowest BCUT2D eigenvalue weighted by Gasteiger charge is -2.34. The zero-order chi connectivity index (χ0) is 26.9. The van der Waals surface area contributed by atoms with Crippen LogP contribution < -0.4 is 9.47 Å². The van der Waals surface area contributed by atoms with Crippen molar-refractivity contribution in [3.8, 4) is 34.3 Å². The molecule has 2 heterocycles. The molecule has 0 amide bonds. The minimum absolute atomic E-state index is 0.500. The van der Waals surface area contributed by atoms with Crippen LogP contribution in [0.1, 0.15) is 27.8 Å². The van der Waals surface area contributed by atoms with Crippen LogP contribution in [0, 0.1) is 6.92 Å². The highest BCUT2D eigenvalue weighted by Crippen LogP contribution is 2.56. The third-order valence-electron chi connectivity index (χ3n) is 7.47. The summed E-state index contributed by atoms with van der Waals surface area (Å²) in [7, 11) is 0. The van der Waals surface area contributed by atoms with E-state index in [1.54, 1.807) is 12.4 Å². The van der Waals surface area contributed by atoms with E-state index in [1.807, 2.05) is 61.7 Å². The van der Waals surface area contributed by atoms with Crippen molar-refractivity contribution in [3.05, 3.63) is 168 Å². The smallest absolute Gasteiger partial charge is 0.219 e. The normalized spacial score (nSPS) is 12.8. The summed E-state index contributed by atoms with van der Waals surface area (Å²) in [6.45, 7) is 2.01. The first-order valence-electron chi connectivity index (χ1n) is 13.3. The Kier molecular flexibility index (Phi) is 5.86. The number of rotatable bonds is 6. The molecule has 0 fully saturated rings. The zero-order valence-electron chi connectivity index (χ0n) is 22.0. The molecule has 0 saturated carbocycles. The molecule has 2 aromatic heterocycles. The van der Waals surface area contributed by atoms with Gasteiger partial charge in [-0.05, 0) is 82.3 Å². The molecule has 6 aromatic rings. The van der Waals surface area contributed by atoms with Crippen LogP contribution in [0.2, 0.25) is 0 Å². The Bertz CT molecular complexity index is 1750. The van der Waals surface area contributed by atoms with Crippen molar-refractivity contribution < 1.29 is 9.47 Å². The predicted octanol–water partition coefficient (Wildman–Crippen LogP) is 8.73. The van der Waals surface area contributed by atoms with Crippen LogP contribution in [0.5, 0.6) is 23.1 Å². The summed E-state index contributed by atoms with van der Waals surface area (Å²) in [5.74, 6) is 2.81. The van der Waals surface area contributed by atoms with Gasteiger partial charge in [-0.15, -0.1) is 0 Å². The van der Waals surface area contributed by atoms with E-state index in [0.29, 0.717) is 5.88 Å². The number of pyridine rings is 2. The molecule has 7 rings (SSSR count). The minimum Gasteiger partial charge on any atom is -0.456 e. The molecule has 4 heteroatoms. The molecule has 4 aromatic carbocycles. The van der Waals surface area contributed by atoms with Gasteiger partial charge in [-0.3, -0.25) is 4.98 Å². The number of aromatic nitrogens is 2. The summed E-state index contributed by atoms with van der Waals surface area (Å²) >= 11 is 0. The SMILES string of the molecule is Cc1cncc(Oc2ccc(C3(c4ccc(Oc5ccccn5)cc4)c4ccccc4-c4ccccc43)cc2)c1. The van der Waals surface area contributed by atoms with Crippen molar-refractivity contribution >= 4 is 0 Å². The van der Waals surface area contributed by atoms with Crippen molar-refractivity contribution in [3.63, 3.8) is 0 Å². The van der Waals surface area contributed by atoms with Gasteiger partial charge in [0.25, 0.3) is 0 Å². The first-order valence-corrected chi connectivity index (χ1v) is 13.3. The predicted molar refractivity (Wildman–Crippen MR) is 157 cm³/mol. The first kappa shape index (κ1) is 23.9. The van der Waals surface area contributed by atoms with Crippen LogP contribution in [-0.2, 0) is 5.41 Å². The van der Waals surface area contributed by atoms with Gasteiger partial charge in [0.2, 0.25) is 5.88 Å². The number of nitrogens with zero attached hydrogens (tertiary/aromatic N) is 2. The fourth-order valence-corrected chi connectivity index (χ4v) is 5.82. The molecule has 1 aliphatic rings. The van der Waals surface area contributed by atoms with Gasteiger partial charge in [-0.2, -0.15) is 0 Å². The maximum absolute atomic E-state index is 6.14. The van der Waals surface area contributed by atoms with Crippen LogP contribution in [0.3, 0.4) is 0 Å². The second-order valence-corrected chi connectivity index (χ2v) is 9.96. The van der Waals surface area contributed by atoms with Crippen LogP contribution in [0.15, 0.2) is 140 Å². The third kappa shape index (κ3) is 4.02.